The van der Waals surface area contributed by atoms with E-state index in [-0.39, 0.29) is 5.91 Å². The van der Waals surface area contributed by atoms with Crippen molar-refractivity contribution in [1.29, 1.82) is 0 Å². The number of anilines is 1. The second-order valence-corrected chi connectivity index (χ2v) is 7.29. The van der Waals surface area contributed by atoms with Gasteiger partial charge in [-0.1, -0.05) is 11.6 Å². The predicted molar refractivity (Wildman–Crippen MR) is 101 cm³/mol. The Kier molecular flexibility index (Phi) is 3.94. The van der Waals surface area contributed by atoms with Crippen LogP contribution < -0.4 is 14.8 Å². The van der Waals surface area contributed by atoms with E-state index in [4.69, 9.17) is 21.1 Å². The summed E-state index contributed by atoms with van der Waals surface area (Å²) < 4.78 is 13.5. The maximum Gasteiger partial charge on any atom is 0.257 e. The molecular formula is C19H16ClN5O3. The molecule has 1 N–H and O–H groups in total. The first-order valence-corrected chi connectivity index (χ1v) is 9.36. The van der Waals surface area contributed by atoms with Crippen LogP contribution in [0.25, 0.3) is 5.69 Å². The summed E-state index contributed by atoms with van der Waals surface area (Å²) in [5.74, 6) is 0.483. The van der Waals surface area contributed by atoms with Gasteiger partial charge in [-0.2, -0.15) is 4.68 Å². The van der Waals surface area contributed by atoms with E-state index >= 15 is 0 Å². The molecule has 0 atom stereocenters. The summed E-state index contributed by atoms with van der Waals surface area (Å²) in [5.41, 5.74) is 1.48. The molecule has 1 saturated carbocycles. The van der Waals surface area contributed by atoms with Crippen molar-refractivity contribution in [2.24, 2.45) is 0 Å². The van der Waals surface area contributed by atoms with E-state index in [2.05, 4.69) is 20.8 Å². The average Bonchev–Trinajstić information content (AvgIpc) is 3.43. The lowest BCUT2D eigenvalue weighted by Gasteiger charge is -2.21. The molecule has 1 aromatic heterocycles. The molecule has 0 unspecified atom stereocenters. The van der Waals surface area contributed by atoms with E-state index in [1.54, 1.807) is 30.3 Å². The number of carbonyl (C=O) groups is 1. The fourth-order valence-electron chi connectivity index (χ4n) is 3.65. The second kappa shape index (κ2) is 6.49. The van der Waals surface area contributed by atoms with E-state index < -0.39 is 5.79 Å². The molecule has 0 saturated heterocycles. The van der Waals surface area contributed by atoms with Crippen LogP contribution in [0, 0.1) is 0 Å². The van der Waals surface area contributed by atoms with Crippen LogP contribution in [-0.2, 0) is 0 Å². The van der Waals surface area contributed by atoms with E-state index in [0.29, 0.717) is 33.5 Å². The lowest BCUT2D eigenvalue weighted by molar-refractivity contribution is -0.0716. The smallest absolute Gasteiger partial charge is 0.257 e. The third-order valence-corrected chi connectivity index (χ3v) is 5.19. The lowest BCUT2D eigenvalue weighted by Crippen LogP contribution is -2.34. The Labute approximate surface area is 165 Å². The van der Waals surface area contributed by atoms with Gasteiger partial charge in [-0.15, -0.1) is 5.10 Å². The van der Waals surface area contributed by atoms with Crippen molar-refractivity contribution in [2.75, 3.05) is 5.32 Å². The first-order valence-electron chi connectivity index (χ1n) is 8.98. The number of ether oxygens (including phenoxy) is 2. The van der Waals surface area contributed by atoms with Gasteiger partial charge >= 0.3 is 0 Å². The predicted octanol–water partition coefficient (Wildman–Crippen LogP) is 3.61. The Morgan fingerprint density at radius 3 is 2.71 bits per heavy atom. The zero-order chi connectivity index (χ0) is 19.1. The van der Waals surface area contributed by atoms with Gasteiger partial charge in [0.1, 0.15) is 6.33 Å². The molecule has 0 bridgehead atoms. The van der Waals surface area contributed by atoms with Gasteiger partial charge in [0.2, 0.25) is 0 Å². The molecule has 3 aromatic rings. The number of carbonyl (C=O) groups excluding carboxylic acids is 1. The molecule has 2 aromatic carbocycles. The van der Waals surface area contributed by atoms with E-state index in [1.807, 2.05) is 6.07 Å². The summed E-state index contributed by atoms with van der Waals surface area (Å²) >= 11 is 6.09. The van der Waals surface area contributed by atoms with Crippen LogP contribution in [0.3, 0.4) is 0 Å². The van der Waals surface area contributed by atoms with Crippen LogP contribution in [-0.4, -0.2) is 31.9 Å². The van der Waals surface area contributed by atoms with Gasteiger partial charge in [-0.05, 0) is 53.6 Å². The Hall–Kier alpha value is -3.13. The number of amides is 1. The average molecular weight is 398 g/mol. The first kappa shape index (κ1) is 17.0. The van der Waals surface area contributed by atoms with Crippen molar-refractivity contribution in [2.45, 2.75) is 31.5 Å². The fourth-order valence-corrected chi connectivity index (χ4v) is 3.82. The van der Waals surface area contributed by atoms with Crippen LogP contribution in [0.4, 0.5) is 5.69 Å². The third kappa shape index (κ3) is 2.95. The van der Waals surface area contributed by atoms with Crippen LogP contribution in [0.1, 0.15) is 36.0 Å². The number of rotatable bonds is 3. The van der Waals surface area contributed by atoms with Gasteiger partial charge < -0.3 is 14.8 Å². The Morgan fingerprint density at radius 1 is 1.11 bits per heavy atom. The molecule has 1 fully saturated rings. The number of nitrogens with one attached hydrogen (secondary N) is 1. The third-order valence-electron chi connectivity index (χ3n) is 4.96. The van der Waals surface area contributed by atoms with Crippen LogP contribution in [0.15, 0.2) is 42.7 Å². The number of nitrogens with zero attached hydrogens (tertiary/aromatic N) is 4. The van der Waals surface area contributed by atoms with Crippen molar-refractivity contribution >= 4 is 23.2 Å². The molecule has 9 heteroatoms. The number of hydrogen-bond acceptors (Lipinski definition) is 6. The SMILES string of the molecule is O=C(Nc1ccc2c(c1)OC1(CCCC1)O2)c1cc(Cl)ccc1-n1cnnn1. The molecule has 1 spiro atoms. The van der Waals surface area contributed by atoms with Crippen molar-refractivity contribution in [3.05, 3.63) is 53.3 Å². The summed E-state index contributed by atoms with van der Waals surface area (Å²) in [4.78, 5) is 12.9. The number of fused-ring (bicyclic) bond motifs is 1. The summed E-state index contributed by atoms with van der Waals surface area (Å²) in [7, 11) is 0. The Balaban J connectivity index is 1.41. The largest absolute Gasteiger partial charge is 0.448 e. The topological polar surface area (TPSA) is 91.2 Å². The van der Waals surface area contributed by atoms with Crippen molar-refractivity contribution in [3.8, 4) is 17.2 Å². The molecule has 2 heterocycles. The number of hydrogen-bond donors (Lipinski definition) is 1. The first-order chi connectivity index (χ1) is 13.6. The minimum atomic E-state index is -0.537. The number of benzene rings is 2. The Bertz CT molecular complexity index is 1050. The summed E-state index contributed by atoms with van der Waals surface area (Å²) in [5, 5.41) is 14.4. The lowest BCUT2D eigenvalue weighted by atomic mass is 10.1. The number of halogens is 1. The second-order valence-electron chi connectivity index (χ2n) is 6.85. The van der Waals surface area contributed by atoms with Gasteiger partial charge in [0, 0.05) is 29.6 Å². The van der Waals surface area contributed by atoms with Crippen LogP contribution >= 0.6 is 11.6 Å². The summed E-state index contributed by atoms with van der Waals surface area (Å²) in [6.07, 6.45) is 5.35. The maximum absolute atomic E-state index is 12.9. The minimum absolute atomic E-state index is 0.331. The normalized spacial score (nSPS) is 16.5. The maximum atomic E-state index is 12.9. The highest BCUT2D eigenvalue weighted by atomic mass is 35.5. The molecule has 0 radical (unpaired) electrons. The highest BCUT2D eigenvalue weighted by molar-refractivity contribution is 6.31. The van der Waals surface area contributed by atoms with Crippen LogP contribution in [0.2, 0.25) is 5.02 Å². The monoisotopic (exact) mass is 397 g/mol. The molecule has 28 heavy (non-hydrogen) atoms. The van der Waals surface area contributed by atoms with Gasteiger partial charge in [0.25, 0.3) is 11.7 Å². The minimum Gasteiger partial charge on any atom is -0.448 e. The van der Waals surface area contributed by atoms with E-state index in [9.17, 15) is 4.79 Å². The molecule has 2 aliphatic rings. The van der Waals surface area contributed by atoms with Crippen molar-refractivity contribution in [1.82, 2.24) is 20.2 Å². The van der Waals surface area contributed by atoms with Gasteiger partial charge in [0.05, 0.1) is 11.3 Å². The standard InChI is InChI=1S/C19H16ClN5O3/c20-12-3-5-15(25-11-21-23-24-25)14(9-12)18(26)22-13-4-6-16-17(10-13)28-19(27-16)7-1-2-8-19/h3-6,9-11H,1-2,7-8H2,(H,22,26). The zero-order valence-electron chi connectivity index (χ0n) is 14.8. The molecular weight excluding hydrogens is 382 g/mol. The van der Waals surface area contributed by atoms with Gasteiger partial charge in [-0.3, -0.25) is 4.79 Å². The number of aromatic nitrogens is 4. The Morgan fingerprint density at radius 2 is 1.93 bits per heavy atom. The van der Waals surface area contributed by atoms with Crippen molar-refractivity contribution in [3.63, 3.8) is 0 Å². The number of tetrazole rings is 1. The fraction of sp³-hybridized carbons (Fsp3) is 0.263. The van der Waals surface area contributed by atoms with E-state index in [1.165, 1.54) is 11.0 Å². The highest BCUT2D eigenvalue weighted by Crippen LogP contribution is 2.47. The molecule has 1 amide bonds. The molecule has 1 aliphatic heterocycles. The molecule has 142 valence electrons. The molecule has 1 aliphatic carbocycles. The van der Waals surface area contributed by atoms with Crippen LogP contribution in [0.5, 0.6) is 11.5 Å². The molecule has 5 rings (SSSR count). The highest BCUT2D eigenvalue weighted by Gasteiger charge is 2.44. The summed E-state index contributed by atoms with van der Waals surface area (Å²) in [6, 6.07) is 10.3. The van der Waals surface area contributed by atoms with Gasteiger partial charge in [0.15, 0.2) is 11.5 Å². The molecule has 8 nitrogen and oxygen atoms in total. The quantitative estimate of drug-likeness (QED) is 0.726. The summed E-state index contributed by atoms with van der Waals surface area (Å²) in [6.45, 7) is 0. The van der Waals surface area contributed by atoms with E-state index in [0.717, 1.165) is 25.7 Å². The zero-order valence-corrected chi connectivity index (χ0v) is 15.5. The van der Waals surface area contributed by atoms with Gasteiger partial charge in [-0.25, -0.2) is 0 Å². The van der Waals surface area contributed by atoms with Crippen molar-refractivity contribution < 1.29 is 14.3 Å².